The van der Waals surface area contributed by atoms with Crippen molar-refractivity contribution < 1.29 is 14.0 Å². The van der Waals surface area contributed by atoms with Crippen molar-refractivity contribution in [2.45, 2.75) is 32.1 Å². The molecule has 0 bridgehead atoms. The van der Waals surface area contributed by atoms with Crippen LogP contribution in [0.25, 0.3) is 0 Å². The van der Waals surface area contributed by atoms with E-state index in [9.17, 15) is 14.9 Å². The number of thioether (sulfide) groups is 1. The van der Waals surface area contributed by atoms with Crippen molar-refractivity contribution >= 4 is 28.4 Å². The van der Waals surface area contributed by atoms with Gasteiger partial charge >= 0.3 is 0 Å². The molecule has 1 aliphatic heterocycles. The van der Waals surface area contributed by atoms with Gasteiger partial charge in [-0.1, -0.05) is 29.8 Å². The van der Waals surface area contributed by atoms with Crippen molar-refractivity contribution in [3.05, 3.63) is 70.8 Å². The third-order valence-electron chi connectivity index (χ3n) is 5.30. The van der Waals surface area contributed by atoms with Gasteiger partial charge < -0.3 is 4.42 Å². The second-order valence-corrected chi connectivity index (χ2v) is 8.26. The lowest BCUT2D eigenvalue weighted by atomic mass is 9.76. The first kappa shape index (κ1) is 19.4. The summed E-state index contributed by atoms with van der Waals surface area (Å²) in [6.07, 6.45) is 3.48. The second-order valence-electron chi connectivity index (χ2n) is 7.26. The minimum absolute atomic E-state index is 0.0107. The van der Waals surface area contributed by atoms with Gasteiger partial charge in [-0.25, -0.2) is 4.99 Å². The minimum atomic E-state index is -0.641. The number of benzene rings is 1. The standard InChI is InChI=1S/C23H20N2O3S/c1-14-7-9-15(10-8-14)19(27)13-29-23-16(12-24)21(20-6-3-11-28-20)22-17(25-23)4-2-5-18(22)26/h3,6-11,16,21H,2,4-5,13H2,1H3/t16?,21-/m1/s1. The van der Waals surface area contributed by atoms with Crippen LogP contribution in [0.4, 0.5) is 0 Å². The number of nitriles is 1. The fraction of sp³-hybridized carbons (Fsp3) is 0.304. The van der Waals surface area contributed by atoms with E-state index >= 15 is 0 Å². The highest BCUT2D eigenvalue weighted by Gasteiger charge is 2.42. The van der Waals surface area contributed by atoms with Crippen LogP contribution in [0.15, 0.2) is 63.3 Å². The molecule has 2 heterocycles. The Kier molecular flexibility index (Phi) is 5.50. The Bertz CT molecular complexity index is 1040. The summed E-state index contributed by atoms with van der Waals surface area (Å²) in [5.74, 6) is -0.288. The normalized spacial score (nSPS) is 21.4. The van der Waals surface area contributed by atoms with Gasteiger partial charge in [-0.2, -0.15) is 5.26 Å². The molecular formula is C23H20N2O3S. The molecule has 146 valence electrons. The zero-order chi connectivity index (χ0) is 20.4. The van der Waals surface area contributed by atoms with Crippen LogP contribution in [0.5, 0.6) is 0 Å². The summed E-state index contributed by atoms with van der Waals surface area (Å²) in [5.41, 5.74) is 3.08. The van der Waals surface area contributed by atoms with Gasteiger partial charge in [0, 0.05) is 23.3 Å². The quantitative estimate of drug-likeness (QED) is 0.681. The van der Waals surface area contributed by atoms with Crippen LogP contribution >= 0.6 is 11.8 Å². The Morgan fingerprint density at radius 2 is 2.07 bits per heavy atom. The molecule has 29 heavy (non-hydrogen) atoms. The van der Waals surface area contributed by atoms with Crippen molar-refractivity contribution in [1.29, 1.82) is 5.26 Å². The maximum absolute atomic E-state index is 12.6. The number of furan rings is 1. The van der Waals surface area contributed by atoms with E-state index in [1.807, 2.05) is 31.2 Å². The van der Waals surface area contributed by atoms with Gasteiger partial charge in [0.15, 0.2) is 11.6 Å². The monoisotopic (exact) mass is 404 g/mol. The van der Waals surface area contributed by atoms with E-state index in [-0.39, 0.29) is 17.3 Å². The summed E-state index contributed by atoms with van der Waals surface area (Å²) in [7, 11) is 0. The van der Waals surface area contributed by atoms with Crippen LogP contribution in [0.3, 0.4) is 0 Å². The lowest BCUT2D eigenvalue weighted by molar-refractivity contribution is -0.116. The van der Waals surface area contributed by atoms with Crippen molar-refractivity contribution in [2.75, 3.05) is 5.75 Å². The maximum Gasteiger partial charge on any atom is 0.173 e. The van der Waals surface area contributed by atoms with E-state index in [0.29, 0.717) is 34.8 Å². The smallest absolute Gasteiger partial charge is 0.173 e. The minimum Gasteiger partial charge on any atom is -0.469 e. The van der Waals surface area contributed by atoms with E-state index in [4.69, 9.17) is 4.42 Å². The molecular weight excluding hydrogens is 384 g/mol. The molecule has 0 saturated carbocycles. The van der Waals surface area contributed by atoms with E-state index in [1.54, 1.807) is 18.4 Å². The molecule has 1 aromatic heterocycles. The van der Waals surface area contributed by atoms with Gasteiger partial charge in [0.1, 0.15) is 11.7 Å². The van der Waals surface area contributed by atoms with Crippen molar-refractivity contribution in [3.63, 3.8) is 0 Å². The average Bonchev–Trinajstić information content (AvgIpc) is 3.26. The largest absolute Gasteiger partial charge is 0.469 e. The Labute approximate surface area is 173 Å². The molecule has 1 aliphatic carbocycles. The number of rotatable bonds is 4. The highest BCUT2D eigenvalue weighted by atomic mass is 32.2. The number of aliphatic imine (C=N–C) groups is 1. The van der Waals surface area contributed by atoms with Crippen molar-refractivity contribution in [3.8, 4) is 6.07 Å². The number of nitrogens with zero attached hydrogens (tertiary/aromatic N) is 2. The van der Waals surface area contributed by atoms with Crippen LogP contribution in [0.2, 0.25) is 0 Å². The molecule has 1 aromatic carbocycles. The fourth-order valence-electron chi connectivity index (χ4n) is 3.82. The number of Topliss-reactive ketones (excluding diaryl/α,β-unsaturated/α-hetero) is 2. The van der Waals surface area contributed by atoms with Crippen molar-refractivity contribution in [2.24, 2.45) is 10.9 Å². The van der Waals surface area contributed by atoms with Gasteiger partial charge in [0.05, 0.1) is 29.0 Å². The Morgan fingerprint density at radius 1 is 1.28 bits per heavy atom. The first-order valence-electron chi connectivity index (χ1n) is 9.59. The maximum atomic E-state index is 12.6. The SMILES string of the molecule is Cc1ccc(C(=O)CSC2=NC3=C(C(=O)CCC3)[C@@H](c3ccco3)C2C#N)cc1. The topological polar surface area (TPSA) is 83.4 Å². The summed E-state index contributed by atoms with van der Waals surface area (Å²) < 4.78 is 5.59. The van der Waals surface area contributed by atoms with Gasteiger partial charge in [-0.3, -0.25) is 9.59 Å². The Balaban J connectivity index is 1.63. The summed E-state index contributed by atoms with van der Waals surface area (Å²) in [4.78, 5) is 29.9. The summed E-state index contributed by atoms with van der Waals surface area (Å²) in [5, 5.41) is 10.5. The van der Waals surface area contributed by atoms with E-state index < -0.39 is 11.8 Å². The highest BCUT2D eigenvalue weighted by molar-refractivity contribution is 8.14. The van der Waals surface area contributed by atoms with Gasteiger partial charge in [-0.15, -0.1) is 11.8 Å². The molecule has 5 nitrogen and oxygen atoms in total. The van der Waals surface area contributed by atoms with Gasteiger partial charge in [-0.05, 0) is 31.9 Å². The number of carbonyl (C=O) groups excluding carboxylic acids is 2. The summed E-state index contributed by atoms with van der Waals surface area (Å²) in [6.45, 7) is 1.98. The van der Waals surface area contributed by atoms with Gasteiger partial charge in [0.25, 0.3) is 0 Å². The van der Waals surface area contributed by atoms with Gasteiger partial charge in [0.2, 0.25) is 0 Å². The lowest BCUT2D eigenvalue weighted by Gasteiger charge is -2.31. The molecule has 4 rings (SSSR count). The molecule has 2 aliphatic rings. The van der Waals surface area contributed by atoms with E-state index in [1.165, 1.54) is 11.8 Å². The Morgan fingerprint density at radius 3 is 2.76 bits per heavy atom. The second kappa shape index (κ2) is 8.22. The zero-order valence-electron chi connectivity index (χ0n) is 16.1. The molecule has 0 fully saturated rings. The summed E-state index contributed by atoms with van der Waals surface area (Å²) >= 11 is 1.29. The number of allylic oxidation sites excluding steroid dienone is 2. The highest BCUT2D eigenvalue weighted by Crippen LogP contribution is 2.44. The molecule has 0 amide bonds. The van der Waals surface area contributed by atoms with Crippen molar-refractivity contribution in [1.82, 2.24) is 0 Å². The zero-order valence-corrected chi connectivity index (χ0v) is 16.9. The van der Waals surface area contributed by atoms with E-state index in [0.717, 1.165) is 17.7 Å². The predicted octanol–water partition coefficient (Wildman–Crippen LogP) is 4.85. The Hall–Kier alpha value is -2.91. The van der Waals surface area contributed by atoms with Crippen LogP contribution < -0.4 is 0 Å². The third kappa shape index (κ3) is 3.83. The lowest BCUT2D eigenvalue weighted by Crippen LogP contribution is -2.30. The molecule has 0 spiro atoms. The number of aryl methyl sites for hydroxylation is 1. The molecule has 0 N–H and O–H groups in total. The molecule has 1 unspecified atom stereocenters. The van der Waals surface area contributed by atoms with Crippen LogP contribution in [0.1, 0.15) is 46.9 Å². The number of ketones is 2. The summed E-state index contributed by atoms with van der Waals surface area (Å²) in [6, 6.07) is 13.3. The predicted molar refractivity (Wildman–Crippen MR) is 112 cm³/mol. The average molecular weight is 404 g/mol. The first-order chi connectivity index (χ1) is 14.1. The first-order valence-corrected chi connectivity index (χ1v) is 10.6. The molecule has 2 atom stereocenters. The van der Waals surface area contributed by atoms with E-state index in [2.05, 4.69) is 11.1 Å². The molecule has 2 aromatic rings. The molecule has 0 saturated heterocycles. The fourth-order valence-corrected chi connectivity index (χ4v) is 4.81. The van der Waals surface area contributed by atoms with Crippen LogP contribution in [0, 0.1) is 24.2 Å². The molecule has 0 radical (unpaired) electrons. The third-order valence-corrected chi connectivity index (χ3v) is 6.35. The van der Waals surface area contributed by atoms with Crippen LogP contribution in [-0.2, 0) is 4.79 Å². The van der Waals surface area contributed by atoms with Crippen LogP contribution in [-0.4, -0.2) is 22.4 Å². The number of hydrogen-bond donors (Lipinski definition) is 0. The number of carbonyl (C=O) groups is 2. The molecule has 6 heteroatoms. The number of hydrogen-bond acceptors (Lipinski definition) is 6.